The van der Waals surface area contributed by atoms with Gasteiger partial charge in [0.25, 0.3) is 0 Å². The van der Waals surface area contributed by atoms with Gasteiger partial charge in [-0.2, -0.15) is 5.10 Å². The summed E-state index contributed by atoms with van der Waals surface area (Å²) in [5.41, 5.74) is 7.38. The van der Waals surface area contributed by atoms with Gasteiger partial charge >= 0.3 is 0 Å². The van der Waals surface area contributed by atoms with Gasteiger partial charge in [-0.1, -0.05) is 6.92 Å². The van der Waals surface area contributed by atoms with Crippen LogP contribution in [0.15, 0.2) is 6.07 Å². The van der Waals surface area contributed by atoms with Crippen LogP contribution in [0.2, 0.25) is 0 Å². The lowest BCUT2D eigenvalue weighted by Crippen LogP contribution is -2.53. The monoisotopic (exact) mass is 223 g/mol. The van der Waals surface area contributed by atoms with Crippen LogP contribution >= 0.6 is 0 Å². The quantitative estimate of drug-likeness (QED) is 0.795. The van der Waals surface area contributed by atoms with Crippen molar-refractivity contribution in [2.24, 2.45) is 5.73 Å². The molecule has 1 aliphatic rings. The summed E-state index contributed by atoms with van der Waals surface area (Å²) in [7, 11) is 0. The maximum Gasteiger partial charge on any atom is 0.0732 e. The summed E-state index contributed by atoms with van der Waals surface area (Å²) in [4.78, 5) is 0. The van der Waals surface area contributed by atoms with E-state index in [1.165, 1.54) is 0 Å². The fourth-order valence-electron chi connectivity index (χ4n) is 2.50. The number of hydrogen-bond acceptors (Lipinski definition) is 3. The minimum absolute atomic E-state index is 0.175. The summed E-state index contributed by atoms with van der Waals surface area (Å²) in [5, 5.41) is 14.7. The third-order valence-electron chi connectivity index (χ3n) is 3.37. The summed E-state index contributed by atoms with van der Waals surface area (Å²) in [6, 6.07) is 2.28. The van der Waals surface area contributed by atoms with Crippen molar-refractivity contribution in [2.45, 2.75) is 57.7 Å². The Morgan fingerprint density at radius 2 is 2.25 bits per heavy atom. The van der Waals surface area contributed by atoms with E-state index in [9.17, 15) is 5.11 Å². The van der Waals surface area contributed by atoms with Crippen molar-refractivity contribution >= 4 is 0 Å². The average molecular weight is 223 g/mol. The van der Waals surface area contributed by atoms with Crippen LogP contribution < -0.4 is 5.73 Å². The first-order valence-corrected chi connectivity index (χ1v) is 6.10. The van der Waals surface area contributed by atoms with E-state index in [4.69, 9.17) is 5.73 Å². The predicted octanol–water partition coefficient (Wildman–Crippen LogP) is 0.860. The molecule has 16 heavy (non-hydrogen) atoms. The molecule has 1 aliphatic carbocycles. The van der Waals surface area contributed by atoms with Crippen molar-refractivity contribution in [2.75, 3.05) is 0 Å². The zero-order valence-corrected chi connectivity index (χ0v) is 10.1. The molecule has 1 heterocycles. The Bertz CT molecular complexity index is 366. The zero-order chi connectivity index (χ0) is 11.8. The third kappa shape index (κ3) is 2.13. The van der Waals surface area contributed by atoms with Crippen molar-refractivity contribution < 1.29 is 5.11 Å². The Morgan fingerprint density at radius 3 is 2.75 bits per heavy atom. The average Bonchev–Trinajstić information content (AvgIpc) is 2.58. The molecule has 0 aromatic carbocycles. The lowest BCUT2D eigenvalue weighted by atomic mass is 9.73. The predicted molar refractivity (Wildman–Crippen MR) is 63.1 cm³/mol. The molecule has 4 heteroatoms. The molecule has 0 atom stereocenters. The Balaban J connectivity index is 2.11. The van der Waals surface area contributed by atoms with Crippen molar-refractivity contribution in [3.8, 4) is 0 Å². The van der Waals surface area contributed by atoms with Crippen molar-refractivity contribution in [1.29, 1.82) is 0 Å². The van der Waals surface area contributed by atoms with Gasteiger partial charge in [0.2, 0.25) is 0 Å². The molecule has 3 N–H and O–H groups in total. The van der Waals surface area contributed by atoms with Gasteiger partial charge in [0.1, 0.15) is 0 Å². The highest BCUT2D eigenvalue weighted by Gasteiger charge is 2.41. The summed E-state index contributed by atoms with van der Waals surface area (Å²) in [5.74, 6) is 0. The summed E-state index contributed by atoms with van der Waals surface area (Å²) in [6.45, 7) is 5.03. The lowest BCUT2D eigenvalue weighted by molar-refractivity contribution is -0.0469. The van der Waals surface area contributed by atoms with E-state index < -0.39 is 5.60 Å². The Hall–Kier alpha value is -0.870. The number of nitrogens with two attached hydrogens (primary N) is 1. The van der Waals surface area contributed by atoms with Gasteiger partial charge in [-0.05, 0) is 32.3 Å². The van der Waals surface area contributed by atoms with E-state index in [1.54, 1.807) is 0 Å². The van der Waals surface area contributed by atoms with Crippen LogP contribution in [0.5, 0.6) is 0 Å². The van der Waals surface area contributed by atoms with Gasteiger partial charge in [-0.15, -0.1) is 0 Å². The second-order valence-corrected chi connectivity index (χ2v) is 4.87. The van der Waals surface area contributed by atoms with Crippen LogP contribution in [-0.4, -0.2) is 26.5 Å². The maximum absolute atomic E-state index is 10.2. The molecule has 0 unspecified atom stereocenters. The number of nitrogens with zero attached hydrogens (tertiary/aromatic N) is 2. The maximum atomic E-state index is 10.2. The van der Waals surface area contributed by atoms with Crippen LogP contribution in [0.4, 0.5) is 0 Å². The van der Waals surface area contributed by atoms with Crippen molar-refractivity contribution in [3.05, 3.63) is 17.5 Å². The SMILES string of the molecule is CCc1cc(CC2(O)CC(N)C2)n(CC)n1. The van der Waals surface area contributed by atoms with Crippen LogP contribution in [0.3, 0.4) is 0 Å². The molecule has 1 aromatic rings. The minimum Gasteiger partial charge on any atom is -0.389 e. The van der Waals surface area contributed by atoms with Gasteiger partial charge < -0.3 is 10.8 Å². The lowest BCUT2D eigenvalue weighted by Gasteiger charge is -2.41. The van der Waals surface area contributed by atoms with Crippen LogP contribution in [0.1, 0.15) is 38.1 Å². The molecule has 0 bridgehead atoms. The Labute approximate surface area is 96.5 Å². The molecular formula is C12H21N3O. The van der Waals surface area contributed by atoms with Gasteiger partial charge in [0, 0.05) is 24.7 Å². The van der Waals surface area contributed by atoms with E-state index in [-0.39, 0.29) is 6.04 Å². The van der Waals surface area contributed by atoms with Gasteiger partial charge in [0.05, 0.1) is 11.3 Å². The summed E-state index contributed by atoms with van der Waals surface area (Å²) >= 11 is 0. The number of aliphatic hydroxyl groups is 1. The first kappa shape index (κ1) is 11.6. The second kappa shape index (κ2) is 4.18. The van der Waals surface area contributed by atoms with E-state index in [2.05, 4.69) is 25.0 Å². The standard InChI is InChI=1S/C12H21N3O/c1-3-10-5-11(15(4-2)14-10)8-12(16)6-9(13)7-12/h5,9,16H,3-4,6-8,13H2,1-2H3. The normalized spacial score (nSPS) is 29.1. The highest BCUT2D eigenvalue weighted by atomic mass is 16.3. The second-order valence-electron chi connectivity index (χ2n) is 4.87. The Morgan fingerprint density at radius 1 is 1.56 bits per heavy atom. The van der Waals surface area contributed by atoms with Crippen molar-refractivity contribution in [3.63, 3.8) is 0 Å². The fraction of sp³-hybridized carbons (Fsp3) is 0.750. The molecule has 0 spiro atoms. The van der Waals surface area contributed by atoms with E-state index in [0.29, 0.717) is 19.3 Å². The van der Waals surface area contributed by atoms with Crippen LogP contribution in [-0.2, 0) is 19.4 Å². The molecular weight excluding hydrogens is 202 g/mol. The summed E-state index contributed by atoms with van der Waals surface area (Å²) < 4.78 is 1.99. The summed E-state index contributed by atoms with van der Waals surface area (Å²) in [6.07, 6.45) is 3.05. The number of hydrogen-bond donors (Lipinski definition) is 2. The number of aryl methyl sites for hydroxylation is 2. The Kier molecular flexibility index (Phi) is 3.04. The largest absolute Gasteiger partial charge is 0.389 e. The minimum atomic E-state index is -0.586. The molecule has 2 rings (SSSR count). The molecule has 1 fully saturated rings. The van der Waals surface area contributed by atoms with Gasteiger partial charge in [-0.3, -0.25) is 4.68 Å². The highest BCUT2D eigenvalue weighted by molar-refractivity contribution is 5.15. The van der Waals surface area contributed by atoms with Crippen molar-refractivity contribution in [1.82, 2.24) is 9.78 Å². The van der Waals surface area contributed by atoms with Gasteiger partial charge in [-0.25, -0.2) is 0 Å². The zero-order valence-electron chi connectivity index (χ0n) is 10.1. The number of aromatic nitrogens is 2. The molecule has 4 nitrogen and oxygen atoms in total. The van der Waals surface area contributed by atoms with Gasteiger partial charge in [0.15, 0.2) is 0 Å². The third-order valence-corrected chi connectivity index (χ3v) is 3.37. The topological polar surface area (TPSA) is 64.1 Å². The first-order valence-electron chi connectivity index (χ1n) is 6.10. The smallest absolute Gasteiger partial charge is 0.0732 e. The van der Waals surface area contributed by atoms with E-state index in [0.717, 1.165) is 24.4 Å². The molecule has 1 aromatic heterocycles. The number of rotatable bonds is 4. The highest BCUT2D eigenvalue weighted by Crippen LogP contribution is 2.34. The molecule has 0 saturated heterocycles. The molecule has 1 saturated carbocycles. The van der Waals surface area contributed by atoms with E-state index >= 15 is 0 Å². The van der Waals surface area contributed by atoms with E-state index in [1.807, 2.05) is 4.68 Å². The van der Waals surface area contributed by atoms with Crippen LogP contribution in [0, 0.1) is 0 Å². The molecule has 90 valence electrons. The molecule has 0 aliphatic heterocycles. The van der Waals surface area contributed by atoms with Crippen LogP contribution in [0.25, 0.3) is 0 Å². The fourth-order valence-corrected chi connectivity index (χ4v) is 2.50. The molecule has 0 amide bonds. The first-order chi connectivity index (χ1) is 7.56. The molecule has 0 radical (unpaired) electrons.